The molecule has 0 aliphatic carbocycles. The highest BCUT2D eigenvalue weighted by Gasteiger charge is 2.47. The molecule has 0 saturated heterocycles. The molecule has 7 N–H and O–H groups in total. The second-order valence-electron chi connectivity index (χ2n) is 20.3. The van der Waals surface area contributed by atoms with E-state index in [1.807, 2.05) is 12.1 Å². The number of carbonyl (C=O) groups is 1. The van der Waals surface area contributed by atoms with E-state index < -0.39 is 109 Å². The molecule has 0 bridgehead atoms. The molecule has 2 aliphatic heterocycles. The number of carbonyl (C=O) groups excluding carboxylic acids is 1. The van der Waals surface area contributed by atoms with Gasteiger partial charge in [0.1, 0.15) is 21.4 Å². The first-order chi connectivity index (χ1) is 38.9. The van der Waals surface area contributed by atoms with E-state index in [1.54, 1.807) is 73.7 Å². The van der Waals surface area contributed by atoms with Crippen LogP contribution in [-0.4, -0.2) is 141 Å². The predicted octanol–water partition coefficient (Wildman–Crippen LogP) is 7.19. The van der Waals surface area contributed by atoms with Gasteiger partial charge in [0.15, 0.2) is 5.71 Å². The minimum Gasteiger partial charge on any atom is -0.351 e. The number of rotatable bonds is 22. The normalized spacial score (nSPS) is 16.3. The van der Waals surface area contributed by atoms with Crippen molar-refractivity contribution in [3.05, 3.63) is 144 Å². The third-order valence-corrected chi connectivity index (χ3v) is 21.3. The number of anilines is 1. The SMILES string of the molecule is CC1(C)C(/C=C/C(=C/C=C2/N(CCCS(=O)(=O)O)c3ccc4c(S(=O)(=O)O)cc(S(=O)(=O)O)cc4c3C2(C)C)c2ccc(C(=O)NCCSSc3ccccn3)cn2)=[N+](CCCS(=O)(=O)O)c2ccc3c(S(=O)(=O)O)cc(S(=O)(=O)O)cc3c21. The highest BCUT2D eigenvalue weighted by molar-refractivity contribution is 8.76. The number of nitrogens with one attached hydrogen (secondary N) is 1. The van der Waals surface area contributed by atoms with Crippen LogP contribution < -0.4 is 10.2 Å². The second-order valence-corrected chi connectivity index (χ2v) is 31.5. The molecule has 4 aromatic carbocycles. The second kappa shape index (κ2) is 23.7. The highest BCUT2D eigenvalue weighted by atomic mass is 33.1. The number of amides is 1. The van der Waals surface area contributed by atoms with E-state index in [0.717, 1.165) is 17.2 Å². The molecule has 32 heteroatoms. The summed E-state index contributed by atoms with van der Waals surface area (Å²) in [6.07, 6.45) is 8.94. The monoisotopic (exact) mass is 1310 g/mol. The average Bonchev–Trinajstić information content (AvgIpc) is 1.55. The van der Waals surface area contributed by atoms with E-state index in [-0.39, 0.29) is 82.0 Å². The van der Waals surface area contributed by atoms with Gasteiger partial charge in [-0.05, 0) is 120 Å². The Morgan fingerprint density at radius 2 is 1.26 bits per heavy atom. The van der Waals surface area contributed by atoms with Crippen LogP contribution in [0.3, 0.4) is 0 Å². The van der Waals surface area contributed by atoms with Crippen molar-refractivity contribution in [1.82, 2.24) is 15.3 Å². The first-order valence-corrected chi connectivity index (χ1v) is 36.2. The zero-order chi connectivity index (χ0) is 61.8. The number of hydrogen-bond donors (Lipinski definition) is 7. The lowest BCUT2D eigenvalue weighted by Gasteiger charge is -2.27. The lowest BCUT2D eigenvalue weighted by Crippen LogP contribution is -2.28. The zero-order valence-corrected chi connectivity index (χ0v) is 51.2. The summed E-state index contributed by atoms with van der Waals surface area (Å²) in [4.78, 5) is 20.6. The van der Waals surface area contributed by atoms with Crippen LogP contribution in [0.5, 0.6) is 0 Å². The molecule has 0 spiro atoms. The van der Waals surface area contributed by atoms with Crippen molar-refractivity contribution in [1.29, 1.82) is 0 Å². The lowest BCUT2D eigenvalue weighted by molar-refractivity contribution is -0.437. The maximum absolute atomic E-state index is 13.4. The molecule has 6 aromatic rings. The quantitative estimate of drug-likeness (QED) is 0.0116. The van der Waals surface area contributed by atoms with Crippen molar-refractivity contribution >= 4 is 132 Å². The number of nitrogens with zero attached hydrogens (tertiary/aromatic N) is 4. The van der Waals surface area contributed by atoms with Gasteiger partial charge in [0.25, 0.3) is 66.6 Å². The van der Waals surface area contributed by atoms with Crippen molar-refractivity contribution < 1.29 is 87.2 Å². The molecule has 1 amide bonds. The van der Waals surface area contributed by atoms with Crippen LogP contribution in [0.15, 0.2) is 146 Å². The molecule has 8 rings (SSSR count). The van der Waals surface area contributed by atoms with Crippen LogP contribution in [-0.2, 0) is 71.5 Å². The first kappa shape index (κ1) is 64.0. The van der Waals surface area contributed by atoms with Gasteiger partial charge in [-0.25, -0.2) is 4.98 Å². The van der Waals surface area contributed by atoms with Crippen molar-refractivity contribution in [2.75, 3.05) is 41.8 Å². The van der Waals surface area contributed by atoms with Gasteiger partial charge in [-0.3, -0.25) is 37.1 Å². The summed E-state index contributed by atoms with van der Waals surface area (Å²) in [5.41, 5.74) is -0.106. The molecular weight excluding hydrogens is 1260 g/mol. The lowest BCUT2D eigenvalue weighted by atomic mass is 9.79. The number of hydrogen-bond acceptors (Lipinski definition) is 18. The zero-order valence-electron chi connectivity index (χ0n) is 44.7. The molecule has 4 heterocycles. The smallest absolute Gasteiger partial charge is 0.295 e. The van der Waals surface area contributed by atoms with Gasteiger partial charge < -0.3 is 10.2 Å². The molecular formula is C52H54N5O19S8+. The molecule has 0 saturated carbocycles. The first-order valence-electron chi connectivity index (χ1n) is 24.9. The summed E-state index contributed by atoms with van der Waals surface area (Å²) in [6.45, 7) is 6.74. The maximum Gasteiger partial charge on any atom is 0.295 e. The number of allylic oxidation sites excluding steroid dienone is 6. The highest BCUT2D eigenvalue weighted by Crippen LogP contribution is 2.52. The van der Waals surface area contributed by atoms with E-state index in [2.05, 4.69) is 15.3 Å². The largest absolute Gasteiger partial charge is 0.351 e. The minimum absolute atomic E-state index is 0.0397. The number of benzene rings is 4. The summed E-state index contributed by atoms with van der Waals surface area (Å²) in [7, 11) is -26.7. The maximum atomic E-state index is 13.4. The fourth-order valence-electron chi connectivity index (χ4n) is 10.4. The minimum atomic E-state index is -5.15. The van der Waals surface area contributed by atoms with E-state index in [9.17, 15) is 82.6 Å². The number of aromatic nitrogens is 2. The molecule has 0 radical (unpaired) electrons. The Labute approximate surface area is 492 Å². The molecule has 24 nitrogen and oxygen atoms in total. The van der Waals surface area contributed by atoms with Crippen molar-refractivity contribution in [3.63, 3.8) is 0 Å². The van der Waals surface area contributed by atoms with Crippen LogP contribution >= 0.6 is 21.6 Å². The van der Waals surface area contributed by atoms with Crippen LogP contribution in [0.4, 0.5) is 11.4 Å². The van der Waals surface area contributed by atoms with Gasteiger partial charge in [0.05, 0.1) is 38.0 Å². The Balaban J connectivity index is 1.31. The van der Waals surface area contributed by atoms with Gasteiger partial charge in [-0.15, -0.1) is 0 Å². The third-order valence-electron chi connectivity index (χ3n) is 13.9. The topological polar surface area (TPSA) is 387 Å². The summed E-state index contributed by atoms with van der Waals surface area (Å²) >= 11 is 0. The molecule has 0 atom stereocenters. The van der Waals surface area contributed by atoms with Gasteiger partial charge in [-0.2, -0.15) is 55.1 Å². The fraction of sp³-hybridized carbons (Fsp3) is 0.269. The van der Waals surface area contributed by atoms with E-state index in [0.29, 0.717) is 40.7 Å². The van der Waals surface area contributed by atoms with Gasteiger partial charge in [-0.1, -0.05) is 42.9 Å². The Morgan fingerprint density at radius 1 is 0.667 bits per heavy atom. The van der Waals surface area contributed by atoms with E-state index in [1.165, 1.54) is 64.2 Å². The Hall–Kier alpha value is -5.98. The van der Waals surface area contributed by atoms with Crippen LogP contribution in [0.1, 0.15) is 67.7 Å². The molecule has 448 valence electrons. The van der Waals surface area contributed by atoms with Crippen LogP contribution in [0.2, 0.25) is 0 Å². The van der Waals surface area contributed by atoms with Gasteiger partial charge >= 0.3 is 0 Å². The molecule has 0 fully saturated rings. The Morgan fingerprint density at radius 3 is 1.81 bits per heavy atom. The molecule has 0 unspecified atom stereocenters. The standard InChI is InChI=1S/C52H53N5O19S8/c1-51(2)45(56(22-7-25-79(59,60)61)41-16-13-36-38(48(41)51)27-34(81(65,66)67)29-43(36)83(71,72)73)18-11-32(40-15-10-33(31-55-40)50(58)54-21-24-77-78-47-9-5-6-20-53-47)12-19-46-52(3,4)49-39-28-35(82(68,69)70)30-44(84(74,75)76)37(39)14-17-42(49)57(46)23-8-26-80(62,63)64/h5-6,9-20,27-31H,7-8,21-26H2,1-4H3,(H6-,54,58,59,60,61,62,63,64,65,66,67,68,69,70,71,72,73,74,75,76)/p+1. The van der Waals surface area contributed by atoms with Crippen LogP contribution in [0, 0.1) is 0 Å². The number of fused-ring (bicyclic) bond motifs is 6. The molecule has 84 heavy (non-hydrogen) atoms. The molecule has 2 aromatic heterocycles. The Kier molecular flexibility index (Phi) is 18.1. The van der Waals surface area contributed by atoms with E-state index in [4.69, 9.17) is 0 Å². The summed E-state index contributed by atoms with van der Waals surface area (Å²) in [5.74, 6) is -1.37. The van der Waals surface area contributed by atoms with Gasteiger partial charge in [0, 0.05) is 88.5 Å². The Bertz CT molecular complexity index is 4530. The third kappa shape index (κ3) is 14.1. The van der Waals surface area contributed by atoms with Crippen molar-refractivity contribution in [2.45, 2.75) is 76.0 Å². The summed E-state index contributed by atoms with van der Waals surface area (Å²) in [6, 6.07) is 17.3. The fourth-order valence-corrected chi connectivity index (χ4v) is 15.8. The van der Waals surface area contributed by atoms with E-state index >= 15 is 0 Å². The molecule has 2 aliphatic rings. The van der Waals surface area contributed by atoms with Crippen molar-refractivity contribution in [2.24, 2.45) is 0 Å². The van der Waals surface area contributed by atoms with Crippen LogP contribution in [0.25, 0.3) is 27.1 Å². The van der Waals surface area contributed by atoms with Crippen molar-refractivity contribution in [3.8, 4) is 0 Å². The van der Waals surface area contributed by atoms with Gasteiger partial charge in [0.2, 0.25) is 5.69 Å². The average molecular weight is 1310 g/mol. The predicted molar refractivity (Wildman–Crippen MR) is 317 cm³/mol. The summed E-state index contributed by atoms with van der Waals surface area (Å²) < 4.78 is 212. The summed E-state index contributed by atoms with van der Waals surface area (Å²) in [5, 5.41) is 3.27. The number of pyridine rings is 2.